The zero-order chi connectivity index (χ0) is 19.8. The number of hydrogen-bond donors (Lipinski definition) is 1. The van der Waals surface area contributed by atoms with Crippen LogP contribution in [0.1, 0.15) is 5.56 Å². The average molecular weight is 387 g/mol. The molecular formula is C20H26FN5O2. The summed E-state index contributed by atoms with van der Waals surface area (Å²) in [7, 11) is 1.63. The first-order valence-corrected chi connectivity index (χ1v) is 9.28. The van der Waals surface area contributed by atoms with E-state index in [1.807, 2.05) is 12.1 Å². The number of anilines is 1. The SMILES string of the molecule is COCCOc1ncccc1CN=C(N)N1CCN(c2ccc(F)cc2)CC1. The Balaban J connectivity index is 1.54. The third-order valence-electron chi connectivity index (χ3n) is 4.58. The smallest absolute Gasteiger partial charge is 0.218 e. The maximum atomic E-state index is 13.1. The van der Waals surface area contributed by atoms with E-state index in [0.29, 0.717) is 31.6 Å². The molecule has 1 aliphatic rings. The van der Waals surface area contributed by atoms with Gasteiger partial charge in [-0.05, 0) is 30.3 Å². The molecule has 0 spiro atoms. The molecule has 0 atom stereocenters. The Bertz CT molecular complexity index is 776. The van der Waals surface area contributed by atoms with Gasteiger partial charge in [-0.1, -0.05) is 6.07 Å². The number of nitrogens with two attached hydrogens (primary N) is 1. The van der Waals surface area contributed by atoms with Gasteiger partial charge in [0.1, 0.15) is 12.4 Å². The van der Waals surface area contributed by atoms with Crippen LogP contribution in [-0.4, -0.2) is 62.3 Å². The Hall–Kier alpha value is -2.87. The molecule has 7 nitrogen and oxygen atoms in total. The molecule has 0 aliphatic carbocycles. The number of guanidine groups is 1. The highest BCUT2D eigenvalue weighted by Crippen LogP contribution is 2.18. The predicted octanol–water partition coefficient (Wildman–Crippen LogP) is 1.88. The van der Waals surface area contributed by atoms with E-state index >= 15 is 0 Å². The van der Waals surface area contributed by atoms with Crippen LogP contribution >= 0.6 is 0 Å². The van der Waals surface area contributed by atoms with Crippen LogP contribution in [0, 0.1) is 5.82 Å². The zero-order valence-electron chi connectivity index (χ0n) is 16.1. The summed E-state index contributed by atoms with van der Waals surface area (Å²) in [5, 5.41) is 0. The van der Waals surface area contributed by atoms with Crippen molar-refractivity contribution in [2.75, 3.05) is 51.4 Å². The fourth-order valence-corrected chi connectivity index (χ4v) is 3.01. The highest BCUT2D eigenvalue weighted by Gasteiger charge is 2.18. The molecule has 1 fully saturated rings. The topological polar surface area (TPSA) is 76.2 Å². The van der Waals surface area contributed by atoms with Gasteiger partial charge in [0, 0.05) is 50.7 Å². The van der Waals surface area contributed by atoms with Crippen molar-refractivity contribution in [1.29, 1.82) is 0 Å². The number of aromatic nitrogens is 1. The fourth-order valence-electron chi connectivity index (χ4n) is 3.01. The molecule has 1 aliphatic heterocycles. The molecule has 2 heterocycles. The number of benzene rings is 1. The first-order valence-electron chi connectivity index (χ1n) is 9.28. The molecule has 2 N–H and O–H groups in total. The van der Waals surface area contributed by atoms with Crippen molar-refractivity contribution in [3.63, 3.8) is 0 Å². The van der Waals surface area contributed by atoms with Crippen LogP contribution in [0.3, 0.4) is 0 Å². The summed E-state index contributed by atoms with van der Waals surface area (Å²) < 4.78 is 23.7. The minimum absolute atomic E-state index is 0.222. The summed E-state index contributed by atoms with van der Waals surface area (Å²) >= 11 is 0. The van der Waals surface area contributed by atoms with E-state index in [1.165, 1.54) is 12.1 Å². The molecule has 0 amide bonds. The van der Waals surface area contributed by atoms with Crippen molar-refractivity contribution < 1.29 is 13.9 Å². The van der Waals surface area contributed by atoms with Gasteiger partial charge in [0.2, 0.25) is 5.88 Å². The van der Waals surface area contributed by atoms with Crippen LogP contribution in [-0.2, 0) is 11.3 Å². The van der Waals surface area contributed by atoms with Gasteiger partial charge in [0.15, 0.2) is 5.96 Å². The van der Waals surface area contributed by atoms with Gasteiger partial charge in [-0.15, -0.1) is 0 Å². The third kappa shape index (κ3) is 5.32. The number of aliphatic imine (C=N–C) groups is 1. The standard InChI is InChI=1S/C20H26FN5O2/c1-27-13-14-28-19-16(3-2-8-23-19)15-24-20(22)26-11-9-25(10-12-26)18-6-4-17(21)5-7-18/h2-8H,9-15H2,1H3,(H2,22,24). The summed E-state index contributed by atoms with van der Waals surface area (Å²) in [5.74, 6) is 0.836. The second-order valence-corrected chi connectivity index (χ2v) is 6.43. The number of ether oxygens (including phenoxy) is 2. The van der Waals surface area contributed by atoms with E-state index < -0.39 is 0 Å². The third-order valence-corrected chi connectivity index (χ3v) is 4.58. The Labute approximate surface area is 164 Å². The van der Waals surface area contributed by atoms with E-state index in [1.54, 1.807) is 25.4 Å². The summed E-state index contributed by atoms with van der Waals surface area (Å²) in [6.07, 6.45) is 1.69. The highest BCUT2D eigenvalue weighted by atomic mass is 19.1. The molecule has 3 rings (SSSR count). The van der Waals surface area contributed by atoms with Crippen LogP contribution in [0.4, 0.5) is 10.1 Å². The molecule has 0 bridgehead atoms. The second-order valence-electron chi connectivity index (χ2n) is 6.43. The molecule has 1 saturated heterocycles. The molecule has 0 radical (unpaired) electrons. The highest BCUT2D eigenvalue weighted by molar-refractivity contribution is 5.78. The maximum Gasteiger partial charge on any atom is 0.218 e. The van der Waals surface area contributed by atoms with Gasteiger partial charge in [-0.3, -0.25) is 0 Å². The molecule has 150 valence electrons. The molecular weight excluding hydrogens is 361 g/mol. The Morgan fingerprint density at radius 3 is 2.61 bits per heavy atom. The lowest BCUT2D eigenvalue weighted by Gasteiger charge is -2.36. The Morgan fingerprint density at radius 2 is 1.89 bits per heavy atom. The lowest BCUT2D eigenvalue weighted by Crippen LogP contribution is -2.51. The minimum atomic E-state index is -0.222. The first kappa shape index (κ1) is 19.9. The Kier molecular flexibility index (Phi) is 7.02. The van der Waals surface area contributed by atoms with Crippen molar-refractivity contribution in [3.05, 3.63) is 54.0 Å². The van der Waals surface area contributed by atoms with E-state index in [2.05, 4.69) is 19.8 Å². The summed E-state index contributed by atoms with van der Waals surface area (Å²) in [5.41, 5.74) is 8.10. The van der Waals surface area contributed by atoms with E-state index in [4.69, 9.17) is 15.2 Å². The monoisotopic (exact) mass is 387 g/mol. The first-order chi connectivity index (χ1) is 13.7. The van der Waals surface area contributed by atoms with Gasteiger partial charge in [0.05, 0.1) is 13.2 Å². The zero-order valence-corrected chi connectivity index (χ0v) is 16.1. The molecule has 28 heavy (non-hydrogen) atoms. The van der Waals surface area contributed by atoms with Crippen LogP contribution in [0.5, 0.6) is 5.88 Å². The number of pyridine rings is 1. The lowest BCUT2D eigenvalue weighted by molar-refractivity contribution is 0.143. The maximum absolute atomic E-state index is 13.1. The minimum Gasteiger partial charge on any atom is -0.475 e. The Morgan fingerprint density at radius 1 is 1.14 bits per heavy atom. The van der Waals surface area contributed by atoms with Gasteiger partial charge in [-0.2, -0.15) is 0 Å². The second kappa shape index (κ2) is 9.89. The molecule has 0 saturated carbocycles. The quantitative estimate of drug-likeness (QED) is 0.444. The number of nitrogens with zero attached hydrogens (tertiary/aromatic N) is 4. The molecule has 8 heteroatoms. The van der Waals surface area contributed by atoms with E-state index in [-0.39, 0.29) is 5.82 Å². The van der Waals surface area contributed by atoms with Gasteiger partial charge in [0.25, 0.3) is 0 Å². The lowest BCUT2D eigenvalue weighted by atomic mass is 10.2. The predicted molar refractivity (Wildman–Crippen MR) is 107 cm³/mol. The van der Waals surface area contributed by atoms with Crippen molar-refractivity contribution in [2.24, 2.45) is 10.7 Å². The summed E-state index contributed by atoms with van der Waals surface area (Å²) in [6.45, 7) is 4.47. The number of halogens is 1. The average Bonchev–Trinajstić information content (AvgIpc) is 2.74. The van der Waals surface area contributed by atoms with Crippen molar-refractivity contribution in [1.82, 2.24) is 9.88 Å². The van der Waals surface area contributed by atoms with Gasteiger partial charge < -0.3 is 25.0 Å². The summed E-state index contributed by atoms with van der Waals surface area (Å²) in [6, 6.07) is 10.4. The van der Waals surface area contributed by atoms with E-state index in [0.717, 1.165) is 37.4 Å². The van der Waals surface area contributed by atoms with Crippen molar-refractivity contribution >= 4 is 11.6 Å². The van der Waals surface area contributed by atoms with Crippen LogP contribution < -0.4 is 15.4 Å². The fraction of sp³-hybridized carbons (Fsp3) is 0.400. The molecule has 0 unspecified atom stereocenters. The number of piperazine rings is 1. The number of hydrogen-bond acceptors (Lipinski definition) is 5. The normalized spacial score (nSPS) is 15.0. The number of methoxy groups -OCH3 is 1. The molecule has 1 aromatic carbocycles. The largest absolute Gasteiger partial charge is 0.475 e. The van der Waals surface area contributed by atoms with E-state index in [9.17, 15) is 4.39 Å². The summed E-state index contributed by atoms with van der Waals surface area (Å²) in [4.78, 5) is 13.0. The van der Waals surface area contributed by atoms with Crippen molar-refractivity contribution in [3.8, 4) is 5.88 Å². The number of rotatable bonds is 7. The molecule has 1 aromatic heterocycles. The van der Waals surface area contributed by atoms with Crippen LogP contribution in [0.15, 0.2) is 47.6 Å². The van der Waals surface area contributed by atoms with Crippen molar-refractivity contribution in [2.45, 2.75) is 6.54 Å². The van der Waals surface area contributed by atoms with Crippen LogP contribution in [0.2, 0.25) is 0 Å². The van der Waals surface area contributed by atoms with Crippen LogP contribution in [0.25, 0.3) is 0 Å². The molecule has 2 aromatic rings. The van der Waals surface area contributed by atoms with Gasteiger partial charge in [-0.25, -0.2) is 14.4 Å². The van der Waals surface area contributed by atoms with Gasteiger partial charge >= 0.3 is 0 Å².